The van der Waals surface area contributed by atoms with Crippen LogP contribution in [0.4, 0.5) is 11.5 Å². The predicted octanol–water partition coefficient (Wildman–Crippen LogP) is 2.53. The Kier molecular flexibility index (Phi) is 5.76. The van der Waals surface area contributed by atoms with Gasteiger partial charge in [-0.25, -0.2) is 0 Å². The minimum absolute atomic E-state index is 0.438. The molecule has 0 bridgehead atoms. The fourth-order valence-electron chi connectivity index (χ4n) is 3.22. The number of aryl methyl sites for hydroxylation is 1. The number of rotatable bonds is 8. The molecule has 0 atom stereocenters. The average molecular weight is 417 g/mol. The van der Waals surface area contributed by atoms with E-state index in [1.54, 1.807) is 28.8 Å². The van der Waals surface area contributed by atoms with Gasteiger partial charge in [-0.2, -0.15) is 19.6 Å². The number of aromatic nitrogens is 4. The molecule has 0 aliphatic carbocycles. The van der Waals surface area contributed by atoms with Gasteiger partial charge in [0, 0.05) is 29.4 Å². The minimum Gasteiger partial charge on any atom is -0.492 e. The third kappa shape index (κ3) is 4.46. The highest BCUT2D eigenvalue weighted by molar-refractivity contribution is 5.93. The van der Waals surface area contributed by atoms with Crippen LogP contribution in [0.5, 0.6) is 5.75 Å². The normalized spacial score (nSPS) is 10.9. The van der Waals surface area contributed by atoms with E-state index in [0.717, 1.165) is 34.7 Å². The molecule has 4 rings (SSSR count). The summed E-state index contributed by atoms with van der Waals surface area (Å²) in [4.78, 5) is 20.1. The van der Waals surface area contributed by atoms with Crippen molar-refractivity contribution in [3.8, 4) is 17.0 Å². The number of ether oxygens (including phenoxy) is 1. The van der Waals surface area contributed by atoms with Crippen molar-refractivity contribution in [1.82, 2.24) is 19.6 Å². The standard InChI is InChI=1S/C22H23N7O2/c1-2-14-9-16(11-18(10-14)31-8-7-23)19-12-20(28-22-25-13-26-29(19)22)27-17-5-3-15(4-6-17)21(24)30/h3-6,9-13H,2,7-8,23H2,1H3,(H2,24,30)(H,25,26,27,28). The second kappa shape index (κ2) is 8.80. The Labute approximate surface area is 179 Å². The van der Waals surface area contributed by atoms with Crippen molar-refractivity contribution < 1.29 is 9.53 Å². The molecule has 0 saturated carbocycles. The number of nitrogens with zero attached hydrogens (tertiary/aromatic N) is 4. The molecule has 9 heteroatoms. The topological polar surface area (TPSA) is 133 Å². The van der Waals surface area contributed by atoms with E-state index in [0.29, 0.717) is 30.3 Å². The van der Waals surface area contributed by atoms with Crippen molar-refractivity contribution in [3.05, 3.63) is 66.0 Å². The van der Waals surface area contributed by atoms with Crippen molar-refractivity contribution in [3.63, 3.8) is 0 Å². The van der Waals surface area contributed by atoms with E-state index in [-0.39, 0.29) is 0 Å². The number of carbonyl (C=O) groups excluding carboxylic acids is 1. The lowest BCUT2D eigenvalue weighted by molar-refractivity contribution is 0.100. The van der Waals surface area contributed by atoms with Crippen molar-refractivity contribution >= 4 is 23.2 Å². The van der Waals surface area contributed by atoms with Gasteiger partial charge in [0.15, 0.2) is 0 Å². The number of nitrogens with two attached hydrogens (primary N) is 2. The quantitative estimate of drug-likeness (QED) is 0.401. The van der Waals surface area contributed by atoms with Crippen LogP contribution in [0.15, 0.2) is 54.9 Å². The zero-order valence-corrected chi connectivity index (χ0v) is 17.1. The third-order valence-corrected chi connectivity index (χ3v) is 4.75. The summed E-state index contributed by atoms with van der Waals surface area (Å²) in [6.07, 6.45) is 2.32. The lowest BCUT2D eigenvalue weighted by Gasteiger charge is -2.13. The predicted molar refractivity (Wildman–Crippen MR) is 118 cm³/mol. The molecule has 9 nitrogen and oxygen atoms in total. The molecular weight excluding hydrogens is 394 g/mol. The summed E-state index contributed by atoms with van der Waals surface area (Å²) >= 11 is 0. The van der Waals surface area contributed by atoms with E-state index in [4.69, 9.17) is 16.2 Å². The van der Waals surface area contributed by atoms with Crippen LogP contribution in [0.2, 0.25) is 0 Å². The van der Waals surface area contributed by atoms with Gasteiger partial charge in [-0.05, 0) is 54.4 Å². The van der Waals surface area contributed by atoms with Crippen LogP contribution in [0.25, 0.3) is 17.0 Å². The molecular formula is C22H23N7O2. The number of hydrogen-bond donors (Lipinski definition) is 3. The first-order valence-electron chi connectivity index (χ1n) is 9.92. The molecule has 2 heterocycles. The maximum Gasteiger partial charge on any atom is 0.254 e. The van der Waals surface area contributed by atoms with E-state index >= 15 is 0 Å². The Morgan fingerprint density at radius 3 is 2.68 bits per heavy atom. The molecule has 4 aromatic rings. The summed E-state index contributed by atoms with van der Waals surface area (Å²) in [5, 5.41) is 7.57. The van der Waals surface area contributed by atoms with Gasteiger partial charge in [0.25, 0.3) is 5.78 Å². The highest BCUT2D eigenvalue weighted by Crippen LogP contribution is 2.29. The van der Waals surface area contributed by atoms with Gasteiger partial charge < -0.3 is 21.5 Å². The number of benzene rings is 2. The number of amides is 1. The Morgan fingerprint density at radius 2 is 1.97 bits per heavy atom. The van der Waals surface area contributed by atoms with Gasteiger partial charge in [-0.15, -0.1) is 0 Å². The largest absolute Gasteiger partial charge is 0.492 e. The summed E-state index contributed by atoms with van der Waals surface area (Å²) in [7, 11) is 0. The third-order valence-electron chi connectivity index (χ3n) is 4.75. The van der Waals surface area contributed by atoms with Crippen LogP contribution in [0.3, 0.4) is 0 Å². The second-order valence-electron chi connectivity index (χ2n) is 6.92. The van der Waals surface area contributed by atoms with Crippen LogP contribution < -0.4 is 21.5 Å². The molecule has 0 fully saturated rings. The van der Waals surface area contributed by atoms with Gasteiger partial charge in [0.05, 0.1) is 5.69 Å². The second-order valence-corrected chi connectivity index (χ2v) is 6.92. The Balaban J connectivity index is 1.74. The zero-order chi connectivity index (χ0) is 21.8. The molecule has 1 amide bonds. The SMILES string of the molecule is CCc1cc(OCCN)cc(-c2cc(Nc3ccc(C(N)=O)cc3)nc3ncnn23)c1. The summed E-state index contributed by atoms with van der Waals surface area (Å²) in [5.74, 6) is 1.33. The van der Waals surface area contributed by atoms with Crippen molar-refractivity contribution in [1.29, 1.82) is 0 Å². The summed E-state index contributed by atoms with van der Waals surface area (Å²) < 4.78 is 7.45. The van der Waals surface area contributed by atoms with Crippen molar-refractivity contribution in [2.75, 3.05) is 18.5 Å². The fourth-order valence-corrected chi connectivity index (χ4v) is 3.22. The molecule has 158 valence electrons. The molecule has 0 radical (unpaired) electrons. The monoisotopic (exact) mass is 417 g/mol. The van der Waals surface area contributed by atoms with E-state index in [9.17, 15) is 4.79 Å². The molecule has 0 unspecified atom stereocenters. The van der Waals surface area contributed by atoms with Crippen LogP contribution in [0, 0.1) is 0 Å². The number of hydrogen-bond acceptors (Lipinski definition) is 7. The van der Waals surface area contributed by atoms with Crippen molar-refractivity contribution in [2.45, 2.75) is 13.3 Å². The first-order valence-corrected chi connectivity index (χ1v) is 9.92. The number of nitrogens with one attached hydrogen (secondary N) is 1. The molecule has 0 spiro atoms. The summed E-state index contributed by atoms with van der Waals surface area (Å²) in [6.45, 7) is 2.97. The fraction of sp³-hybridized carbons (Fsp3) is 0.182. The van der Waals surface area contributed by atoms with E-state index in [1.165, 1.54) is 6.33 Å². The van der Waals surface area contributed by atoms with Crippen LogP contribution in [0.1, 0.15) is 22.8 Å². The van der Waals surface area contributed by atoms with Gasteiger partial charge in [0.2, 0.25) is 5.91 Å². The summed E-state index contributed by atoms with van der Waals surface area (Å²) in [6, 6.07) is 14.8. The number of carbonyl (C=O) groups is 1. The minimum atomic E-state index is -0.472. The Hall–Kier alpha value is -3.98. The van der Waals surface area contributed by atoms with E-state index < -0.39 is 5.91 Å². The number of fused-ring (bicyclic) bond motifs is 1. The van der Waals surface area contributed by atoms with E-state index in [2.05, 4.69) is 33.4 Å². The smallest absolute Gasteiger partial charge is 0.254 e. The zero-order valence-electron chi connectivity index (χ0n) is 17.1. The van der Waals surface area contributed by atoms with Gasteiger partial charge in [-0.3, -0.25) is 4.79 Å². The highest BCUT2D eigenvalue weighted by Gasteiger charge is 2.12. The van der Waals surface area contributed by atoms with Crippen molar-refractivity contribution in [2.24, 2.45) is 11.5 Å². The van der Waals surface area contributed by atoms with Gasteiger partial charge in [0.1, 0.15) is 24.5 Å². The van der Waals surface area contributed by atoms with E-state index in [1.807, 2.05) is 18.2 Å². The maximum absolute atomic E-state index is 11.3. The molecule has 0 aliphatic rings. The Morgan fingerprint density at radius 1 is 1.16 bits per heavy atom. The average Bonchev–Trinajstić information content (AvgIpc) is 3.26. The molecule has 2 aromatic carbocycles. The number of primary amides is 1. The molecule has 0 aliphatic heterocycles. The Bertz CT molecular complexity index is 1220. The molecule has 0 saturated heterocycles. The van der Waals surface area contributed by atoms with Gasteiger partial charge in [-0.1, -0.05) is 6.92 Å². The lowest BCUT2D eigenvalue weighted by Crippen LogP contribution is -2.11. The lowest BCUT2D eigenvalue weighted by atomic mass is 10.1. The first kappa shape index (κ1) is 20.3. The van der Waals surface area contributed by atoms with Gasteiger partial charge >= 0.3 is 0 Å². The number of anilines is 2. The molecule has 31 heavy (non-hydrogen) atoms. The highest BCUT2D eigenvalue weighted by atomic mass is 16.5. The molecule has 2 aromatic heterocycles. The maximum atomic E-state index is 11.3. The van der Waals surface area contributed by atoms with Crippen LogP contribution in [-0.2, 0) is 6.42 Å². The van der Waals surface area contributed by atoms with Crippen LogP contribution >= 0.6 is 0 Å². The van der Waals surface area contributed by atoms with Crippen LogP contribution in [-0.4, -0.2) is 38.6 Å². The molecule has 5 N–H and O–H groups in total. The summed E-state index contributed by atoms with van der Waals surface area (Å²) in [5.41, 5.74) is 15.0. The first-order chi connectivity index (χ1) is 15.1.